The summed E-state index contributed by atoms with van der Waals surface area (Å²) in [5, 5.41) is 12.5. The first kappa shape index (κ1) is 15.5. The van der Waals surface area contributed by atoms with Crippen LogP contribution in [0.4, 0.5) is 5.13 Å². The van der Waals surface area contributed by atoms with E-state index in [4.69, 9.17) is 0 Å². The monoisotopic (exact) mass is 344 g/mol. The number of carbonyl (C=O) groups excluding carboxylic acids is 2. The van der Waals surface area contributed by atoms with Crippen molar-refractivity contribution in [3.8, 4) is 0 Å². The van der Waals surface area contributed by atoms with Gasteiger partial charge in [-0.3, -0.25) is 14.9 Å². The second-order valence-electron chi connectivity index (χ2n) is 7.59. The Balaban J connectivity index is 1.59. The Hall–Kier alpha value is -2.02. The van der Waals surface area contributed by atoms with Gasteiger partial charge in [0.05, 0.1) is 0 Å². The molecule has 2 aromatic heterocycles. The minimum absolute atomic E-state index is 0.0759. The van der Waals surface area contributed by atoms with Crippen molar-refractivity contribution in [3.05, 3.63) is 27.5 Å². The fourth-order valence-corrected chi connectivity index (χ4v) is 4.31. The first-order valence-electron chi connectivity index (χ1n) is 8.23. The van der Waals surface area contributed by atoms with Gasteiger partial charge in [0.25, 0.3) is 5.91 Å². The second-order valence-corrected chi connectivity index (χ2v) is 8.60. The fourth-order valence-electron chi connectivity index (χ4n) is 3.40. The van der Waals surface area contributed by atoms with Crippen molar-refractivity contribution >= 4 is 28.2 Å². The molecule has 6 nitrogen and oxygen atoms in total. The fraction of sp³-hybridized carbons (Fsp3) is 0.529. The van der Waals surface area contributed by atoms with Crippen LogP contribution in [0, 0.1) is 12.3 Å². The van der Waals surface area contributed by atoms with Crippen LogP contribution < -0.4 is 5.32 Å². The van der Waals surface area contributed by atoms with Crippen molar-refractivity contribution in [2.45, 2.75) is 52.4 Å². The zero-order valence-corrected chi connectivity index (χ0v) is 14.8. The zero-order valence-electron chi connectivity index (χ0n) is 14.0. The van der Waals surface area contributed by atoms with Crippen LogP contribution in [0.1, 0.15) is 76.1 Å². The summed E-state index contributed by atoms with van der Waals surface area (Å²) in [5.41, 5.74) is 2.67. The van der Waals surface area contributed by atoms with Crippen molar-refractivity contribution in [3.63, 3.8) is 0 Å². The molecule has 0 bridgehead atoms. The Morgan fingerprint density at radius 1 is 1.29 bits per heavy atom. The van der Waals surface area contributed by atoms with E-state index < -0.39 is 0 Å². The van der Waals surface area contributed by atoms with Gasteiger partial charge in [-0.1, -0.05) is 25.2 Å². The molecular formula is C17H20N4O2S. The number of hydrogen-bond donors (Lipinski definition) is 2. The lowest BCUT2D eigenvalue weighted by Gasteiger charge is -2.28. The standard InChI is InChI=1S/C17H20N4O2S/c1-8-12-10(6-17(2,3)7-11(12)22)18-13(8)14(23)19-16-21-20-15(24-16)9-4-5-9/h9,18H,4-7H2,1-3H3,(H,19,21,23). The summed E-state index contributed by atoms with van der Waals surface area (Å²) in [7, 11) is 0. The van der Waals surface area contributed by atoms with Crippen LogP contribution in [-0.4, -0.2) is 26.9 Å². The van der Waals surface area contributed by atoms with Gasteiger partial charge in [0.1, 0.15) is 10.7 Å². The van der Waals surface area contributed by atoms with E-state index in [-0.39, 0.29) is 17.1 Å². The Bertz CT molecular complexity index is 845. The third-order valence-electron chi connectivity index (χ3n) is 4.72. The van der Waals surface area contributed by atoms with Gasteiger partial charge in [-0.2, -0.15) is 0 Å². The summed E-state index contributed by atoms with van der Waals surface area (Å²) >= 11 is 1.43. The van der Waals surface area contributed by atoms with Crippen molar-refractivity contribution in [1.29, 1.82) is 0 Å². The molecule has 0 aromatic carbocycles. The first-order valence-corrected chi connectivity index (χ1v) is 9.05. The van der Waals surface area contributed by atoms with Gasteiger partial charge in [-0.05, 0) is 37.2 Å². The summed E-state index contributed by atoms with van der Waals surface area (Å²) in [6.45, 7) is 5.98. The van der Waals surface area contributed by atoms with Gasteiger partial charge in [0.2, 0.25) is 5.13 Å². The highest BCUT2D eigenvalue weighted by atomic mass is 32.1. The molecule has 0 aliphatic heterocycles. The highest BCUT2D eigenvalue weighted by Crippen LogP contribution is 2.42. The van der Waals surface area contributed by atoms with Crippen molar-refractivity contribution < 1.29 is 9.59 Å². The smallest absolute Gasteiger partial charge is 0.274 e. The van der Waals surface area contributed by atoms with Gasteiger partial charge < -0.3 is 4.98 Å². The molecule has 2 heterocycles. The van der Waals surface area contributed by atoms with E-state index >= 15 is 0 Å². The first-order chi connectivity index (χ1) is 11.3. The maximum atomic E-state index is 12.6. The maximum absolute atomic E-state index is 12.6. The molecule has 2 N–H and O–H groups in total. The molecule has 126 valence electrons. The molecule has 0 atom stereocenters. The quantitative estimate of drug-likeness (QED) is 0.892. The summed E-state index contributed by atoms with van der Waals surface area (Å²) in [6, 6.07) is 0. The summed E-state index contributed by atoms with van der Waals surface area (Å²) < 4.78 is 0. The number of fused-ring (bicyclic) bond motifs is 1. The highest BCUT2D eigenvalue weighted by molar-refractivity contribution is 7.15. The van der Waals surface area contributed by atoms with Crippen LogP contribution in [-0.2, 0) is 6.42 Å². The number of ketones is 1. The van der Waals surface area contributed by atoms with Gasteiger partial charge in [-0.15, -0.1) is 10.2 Å². The normalized spacial score (nSPS) is 19.2. The number of rotatable bonds is 3. The molecule has 24 heavy (non-hydrogen) atoms. The van der Waals surface area contributed by atoms with Gasteiger partial charge in [0.15, 0.2) is 5.78 Å². The molecule has 2 aliphatic rings. The average Bonchev–Trinajstić information content (AvgIpc) is 3.14. The maximum Gasteiger partial charge on any atom is 0.274 e. The topological polar surface area (TPSA) is 87.7 Å². The molecule has 2 aromatic rings. The van der Waals surface area contributed by atoms with Gasteiger partial charge >= 0.3 is 0 Å². The largest absolute Gasteiger partial charge is 0.354 e. The molecule has 0 saturated heterocycles. The molecule has 4 rings (SSSR count). The van der Waals surface area contributed by atoms with E-state index in [0.717, 1.165) is 35.5 Å². The number of Topliss-reactive ketones (excluding diaryl/α,β-unsaturated/α-hetero) is 1. The predicted octanol–water partition coefficient (Wildman–Crippen LogP) is 3.46. The number of aromatic amines is 1. The van der Waals surface area contributed by atoms with Gasteiger partial charge in [-0.25, -0.2) is 0 Å². The van der Waals surface area contributed by atoms with Crippen LogP contribution in [0.2, 0.25) is 0 Å². The van der Waals surface area contributed by atoms with E-state index in [9.17, 15) is 9.59 Å². The molecule has 1 fully saturated rings. The van der Waals surface area contributed by atoms with Crippen molar-refractivity contribution in [1.82, 2.24) is 15.2 Å². The minimum atomic E-state index is -0.258. The number of carbonyl (C=O) groups is 2. The van der Waals surface area contributed by atoms with E-state index in [0.29, 0.717) is 28.7 Å². The van der Waals surface area contributed by atoms with E-state index in [1.165, 1.54) is 11.3 Å². The Kier molecular flexibility index (Phi) is 3.38. The number of aromatic nitrogens is 3. The second kappa shape index (κ2) is 5.24. The Morgan fingerprint density at radius 2 is 2.04 bits per heavy atom. The average molecular weight is 344 g/mol. The number of anilines is 1. The number of nitrogens with one attached hydrogen (secondary N) is 2. The summed E-state index contributed by atoms with van der Waals surface area (Å²) in [6.07, 6.45) is 3.60. The molecule has 0 unspecified atom stereocenters. The molecule has 0 spiro atoms. The minimum Gasteiger partial charge on any atom is -0.354 e. The summed E-state index contributed by atoms with van der Waals surface area (Å²) in [5.74, 6) is 0.375. The molecule has 1 amide bonds. The number of hydrogen-bond acceptors (Lipinski definition) is 5. The van der Waals surface area contributed by atoms with E-state index in [2.05, 4.69) is 34.3 Å². The molecule has 1 saturated carbocycles. The van der Waals surface area contributed by atoms with Crippen LogP contribution >= 0.6 is 11.3 Å². The lowest BCUT2D eigenvalue weighted by Crippen LogP contribution is -2.26. The highest BCUT2D eigenvalue weighted by Gasteiger charge is 2.35. The zero-order chi connectivity index (χ0) is 17.1. The number of nitrogens with zero attached hydrogens (tertiary/aromatic N) is 2. The SMILES string of the molecule is Cc1c(C(=O)Nc2nnc(C3CC3)s2)[nH]c2c1C(=O)CC(C)(C)C2. The Morgan fingerprint density at radius 3 is 2.75 bits per heavy atom. The lowest BCUT2D eigenvalue weighted by atomic mass is 9.75. The van der Waals surface area contributed by atoms with Crippen LogP contribution in [0.3, 0.4) is 0 Å². The third-order valence-corrected chi connectivity index (χ3v) is 5.72. The predicted molar refractivity (Wildman–Crippen MR) is 91.8 cm³/mol. The number of amides is 1. The van der Waals surface area contributed by atoms with Crippen LogP contribution in [0.25, 0.3) is 0 Å². The molecular weight excluding hydrogens is 324 g/mol. The van der Waals surface area contributed by atoms with Crippen molar-refractivity contribution in [2.75, 3.05) is 5.32 Å². The molecule has 7 heteroatoms. The van der Waals surface area contributed by atoms with Gasteiger partial charge in [0, 0.05) is 23.6 Å². The van der Waals surface area contributed by atoms with Crippen LogP contribution in [0.15, 0.2) is 0 Å². The third kappa shape index (κ3) is 2.66. The van der Waals surface area contributed by atoms with Crippen LogP contribution in [0.5, 0.6) is 0 Å². The molecule has 0 radical (unpaired) electrons. The van der Waals surface area contributed by atoms with E-state index in [1.807, 2.05) is 6.92 Å². The Labute approximate surface area is 144 Å². The summed E-state index contributed by atoms with van der Waals surface area (Å²) in [4.78, 5) is 28.2. The van der Waals surface area contributed by atoms with Crippen molar-refractivity contribution in [2.24, 2.45) is 5.41 Å². The lowest BCUT2D eigenvalue weighted by molar-refractivity contribution is 0.0910. The number of H-pyrrole nitrogens is 1. The molecule has 2 aliphatic carbocycles. The van der Waals surface area contributed by atoms with E-state index in [1.54, 1.807) is 0 Å².